The van der Waals surface area contributed by atoms with E-state index in [9.17, 15) is 5.11 Å². The Morgan fingerprint density at radius 2 is 1.93 bits per heavy atom. The van der Waals surface area contributed by atoms with Crippen LogP contribution in [0.2, 0.25) is 0 Å². The maximum atomic E-state index is 9.63. The highest BCUT2D eigenvalue weighted by Crippen LogP contribution is 2.37. The smallest absolute Gasteiger partial charge is 0.123 e. The van der Waals surface area contributed by atoms with Gasteiger partial charge in [-0.2, -0.15) is 0 Å². The van der Waals surface area contributed by atoms with E-state index in [1.165, 1.54) is 44.1 Å². The third-order valence-electron chi connectivity index (χ3n) is 6.24. The van der Waals surface area contributed by atoms with Gasteiger partial charge in [0.2, 0.25) is 0 Å². The van der Waals surface area contributed by atoms with Crippen molar-refractivity contribution in [1.29, 1.82) is 0 Å². The average molecular weight is 387 g/mol. The van der Waals surface area contributed by atoms with Crippen LogP contribution in [-0.2, 0) is 6.42 Å². The van der Waals surface area contributed by atoms with Crippen LogP contribution in [0.4, 0.5) is 0 Å². The molecule has 1 aromatic carbocycles. The number of benzene rings is 1. The van der Waals surface area contributed by atoms with E-state index in [1.54, 1.807) is 6.07 Å². The van der Waals surface area contributed by atoms with E-state index in [4.69, 9.17) is 4.74 Å². The maximum Gasteiger partial charge on any atom is 0.123 e. The molecule has 0 spiro atoms. The minimum atomic E-state index is -0.0916. The molecule has 0 radical (unpaired) electrons. The molecule has 2 unspecified atom stereocenters. The lowest BCUT2D eigenvalue weighted by Gasteiger charge is -2.35. The Kier molecular flexibility index (Phi) is 8.92. The summed E-state index contributed by atoms with van der Waals surface area (Å²) in [4.78, 5) is 0. The highest BCUT2D eigenvalue weighted by atomic mass is 16.5. The fourth-order valence-corrected chi connectivity index (χ4v) is 4.23. The number of allylic oxidation sites excluding steroid dienone is 2. The summed E-state index contributed by atoms with van der Waals surface area (Å²) in [6.07, 6.45) is 14.6. The first-order chi connectivity index (χ1) is 13.3. The Morgan fingerprint density at radius 1 is 1.18 bits per heavy atom. The van der Waals surface area contributed by atoms with E-state index < -0.39 is 0 Å². The third kappa shape index (κ3) is 7.89. The van der Waals surface area contributed by atoms with E-state index in [1.807, 2.05) is 12.1 Å². The number of ether oxygens (including phenoxy) is 1. The number of rotatable bonds is 11. The summed E-state index contributed by atoms with van der Waals surface area (Å²) in [5.74, 6) is 2.98. The van der Waals surface area contributed by atoms with E-state index in [0.29, 0.717) is 5.75 Å². The number of aryl methyl sites for hydroxylation is 1. The molecular weight excluding hydrogens is 344 g/mol. The van der Waals surface area contributed by atoms with Crippen molar-refractivity contribution < 1.29 is 9.84 Å². The molecule has 1 aromatic rings. The summed E-state index contributed by atoms with van der Waals surface area (Å²) < 4.78 is 6.28. The van der Waals surface area contributed by atoms with Crippen LogP contribution in [0.1, 0.15) is 98.0 Å². The second-order valence-corrected chi connectivity index (χ2v) is 9.76. The SMILES string of the molecule is C/C(=C\CCC1(C)CCc2cc(O)ccc2O1)CCCC(C)CCCC(C)C. The number of hydrogen-bond donors (Lipinski definition) is 1. The van der Waals surface area contributed by atoms with Gasteiger partial charge in [-0.25, -0.2) is 0 Å². The molecule has 0 saturated heterocycles. The molecule has 0 fully saturated rings. The monoisotopic (exact) mass is 386 g/mol. The predicted molar refractivity (Wildman–Crippen MR) is 120 cm³/mol. The summed E-state index contributed by atoms with van der Waals surface area (Å²) in [6.45, 7) is 11.6. The molecule has 0 bridgehead atoms. The van der Waals surface area contributed by atoms with Gasteiger partial charge in [0.05, 0.1) is 0 Å². The van der Waals surface area contributed by atoms with E-state index >= 15 is 0 Å². The standard InChI is InChI=1S/C26H42O2/c1-20(2)9-6-10-21(3)11-7-12-22(4)13-8-17-26(5)18-16-23-19-24(27)14-15-25(23)28-26/h13-15,19-21,27H,6-12,16-18H2,1-5H3/b22-13+. The van der Waals surface area contributed by atoms with E-state index in [0.717, 1.165) is 48.8 Å². The van der Waals surface area contributed by atoms with Crippen LogP contribution in [0, 0.1) is 11.8 Å². The topological polar surface area (TPSA) is 29.5 Å². The number of phenols is 1. The van der Waals surface area contributed by atoms with E-state index in [2.05, 4.69) is 40.7 Å². The summed E-state index contributed by atoms with van der Waals surface area (Å²) in [5.41, 5.74) is 2.57. The molecule has 0 saturated carbocycles. The zero-order valence-corrected chi connectivity index (χ0v) is 18.9. The second kappa shape index (κ2) is 10.9. The van der Waals surface area contributed by atoms with Crippen molar-refractivity contribution in [3.8, 4) is 11.5 Å². The van der Waals surface area contributed by atoms with Crippen molar-refractivity contribution in [2.75, 3.05) is 0 Å². The highest BCUT2D eigenvalue weighted by molar-refractivity contribution is 5.41. The summed E-state index contributed by atoms with van der Waals surface area (Å²) >= 11 is 0. The molecule has 28 heavy (non-hydrogen) atoms. The summed E-state index contributed by atoms with van der Waals surface area (Å²) in [6, 6.07) is 5.47. The average Bonchev–Trinajstić information content (AvgIpc) is 2.61. The lowest BCUT2D eigenvalue weighted by molar-refractivity contribution is 0.0570. The molecule has 0 aliphatic carbocycles. The predicted octanol–water partition coefficient (Wildman–Crippen LogP) is 7.84. The Hall–Kier alpha value is -1.44. The maximum absolute atomic E-state index is 9.63. The molecule has 2 rings (SSSR count). The minimum absolute atomic E-state index is 0.0916. The Balaban J connectivity index is 1.67. The summed E-state index contributed by atoms with van der Waals surface area (Å²) in [7, 11) is 0. The molecule has 1 heterocycles. The lowest BCUT2D eigenvalue weighted by Crippen LogP contribution is -2.36. The quantitative estimate of drug-likeness (QED) is 0.392. The third-order valence-corrected chi connectivity index (χ3v) is 6.24. The number of hydrogen-bond acceptors (Lipinski definition) is 2. The number of aromatic hydroxyl groups is 1. The zero-order chi connectivity index (χ0) is 20.6. The molecule has 1 N–H and O–H groups in total. The van der Waals surface area contributed by atoms with Gasteiger partial charge in [-0.1, -0.05) is 58.1 Å². The second-order valence-electron chi connectivity index (χ2n) is 9.76. The number of phenolic OH excluding ortho intramolecular Hbond substituents is 1. The minimum Gasteiger partial charge on any atom is -0.508 e. The molecular formula is C26H42O2. The van der Waals surface area contributed by atoms with E-state index in [-0.39, 0.29) is 5.60 Å². The highest BCUT2D eigenvalue weighted by Gasteiger charge is 2.30. The molecule has 1 aliphatic heterocycles. The van der Waals surface area contributed by atoms with Gasteiger partial charge < -0.3 is 9.84 Å². The molecule has 2 nitrogen and oxygen atoms in total. The van der Waals surface area contributed by atoms with Crippen LogP contribution in [-0.4, -0.2) is 10.7 Å². The van der Waals surface area contributed by atoms with Crippen LogP contribution in [0.3, 0.4) is 0 Å². The Bertz CT molecular complexity index is 631. The first-order valence-electron chi connectivity index (χ1n) is 11.4. The first kappa shape index (κ1) is 22.8. The van der Waals surface area contributed by atoms with Crippen molar-refractivity contribution in [3.05, 3.63) is 35.4 Å². The van der Waals surface area contributed by atoms with Gasteiger partial charge in [0.25, 0.3) is 0 Å². The van der Waals surface area contributed by atoms with Gasteiger partial charge in [-0.15, -0.1) is 0 Å². The fourth-order valence-electron chi connectivity index (χ4n) is 4.23. The molecule has 0 aromatic heterocycles. The van der Waals surface area contributed by atoms with Crippen molar-refractivity contribution in [2.45, 2.75) is 104 Å². The van der Waals surface area contributed by atoms with Gasteiger partial charge >= 0.3 is 0 Å². The van der Waals surface area contributed by atoms with Crippen molar-refractivity contribution in [1.82, 2.24) is 0 Å². The van der Waals surface area contributed by atoms with Crippen molar-refractivity contribution >= 4 is 0 Å². The first-order valence-corrected chi connectivity index (χ1v) is 11.4. The number of fused-ring (bicyclic) bond motifs is 1. The van der Waals surface area contributed by atoms with Crippen LogP contribution in [0.25, 0.3) is 0 Å². The van der Waals surface area contributed by atoms with Crippen LogP contribution in [0.15, 0.2) is 29.8 Å². The summed E-state index contributed by atoms with van der Waals surface area (Å²) in [5, 5.41) is 9.63. The van der Waals surface area contributed by atoms with Crippen LogP contribution < -0.4 is 4.74 Å². The zero-order valence-electron chi connectivity index (χ0n) is 18.9. The van der Waals surface area contributed by atoms with Crippen LogP contribution >= 0.6 is 0 Å². The van der Waals surface area contributed by atoms with Gasteiger partial charge in [0.1, 0.15) is 17.1 Å². The fraction of sp³-hybridized carbons (Fsp3) is 0.692. The molecule has 2 atom stereocenters. The molecule has 1 aliphatic rings. The van der Waals surface area contributed by atoms with Gasteiger partial charge in [0.15, 0.2) is 0 Å². The van der Waals surface area contributed by atoms with Gasteiger partial charge in [-0.05, 0) is 88.0 Å². The Labute approximate surface area is 173 Å². The molecule has 158 valence electrons. The molecule has 0 amide bonds. The normalized spacial score (nSPS) is 20.7. The van der Waals surface area contributed by atoms with Crippen molar-refractivity contribution in [3.63, 3.8) is 0 Å². The Morgan fingerprint density at radius 3 is 2.68 bits per heavy atom. The lowest BCUT2D eigenvalue weighted by atomic mass is 9.88. The van der Waals surface area contributed by atoms with Gasteiger partial charge in [0, 0.05) is 0 Å². The largest absolute Gasteiger partial charge is 0.508 e. The van der Waals surface area contributed by atoms with Crippen LogP contribution in [0.5, 0.6) is 11.5 Å². The van der Waals surface area contributed by atoms with Crippen molar-refractivity contribution in [2.24, 2.45) is 11.8 Å². The molecule has 2 heteroatoms. The van der Waals surface area contributed by atoms with Gasteiger partial charge in [-0.3, -0.25) is 0 Å².